The average molecular weight is 287 g/mol. The standard InChI is InChI=1S/C15H21N5O/c1-3-19-12-14(11-18-19)5-6-15(21)16-8-4-10-20-13(2)7-9-17-20/h5-7,9,11-12H,3-4,8,10H2,1-2H3,(H,16,21)/b6-5+. The van der Waals surface area contributed by atoms with Crippen LogP contribution in [0.25, 0.3) is 6.08 Å². The maximum atomic E-state index is 11.7. The SMILES string of the molecule is CCn1cc(/C=C/C(=O)NCCCn2nccc2C)cn1. The van der Waals surface area contributed by atoms with Crippen LogP contribution in [0.4, 0.5) is 0 Å². The van der Waals surface area contributed by atoms with E-state index in [1.165, 1.54) is 6.08 Å². The van der Waals surface area contributed by atoms with Gasteiger partial charge in [-0.2, -0.15) is 10.2 Å². The molecule has 0 radical (unpaired) electrons. The Labute approximate surface area is 124 Å². The molecule has 2 aromatic rings. The molecule has 0 unspecified atom stereocenters. The first-order valence-corrected chi connectivity index (χ1v) is 7.16. The normalized spacial score (nSPS) is 11.1. The van der Waals surface area contributed by atoms with Crippen molar-refractivity contribution in [2.75, 3.05) is 6.54 Å². The van der Waals surface area contributed by atoms with E-state index >= 15 is 0 Å². The zero-order valence-electron chi connectivity index (χ0n) is 12.5. The number of aromatic nitrogens is 4. The number of rotatable bonds is 7. The summed E-state index contributed by atoms with van der Waals surface area (Å²) in [6, 6.07) is 1.97. The fourth-order valence-corrected chi connectivity index (χ4v) is 1.94. The highest BCUT2D eigenvalue weighted by Gasteiger charge is 1.99. The fourth-order valence-electron chi connectivity index (χ4n) is 1.94. The molecule has 0 saturated heterocycles. The van der Waals surface area contributed by atoms with Gasteiger partial charge in [0.2, 0.25) is 5.91 Å². The molecule has 1 N–H and O–H groups in total. The second-order valence-electron chi connectivity index (χ2n) is 4.80. The molecule has 0 aliphatic rings. The van der Waals surface area contributed by atoms with Gasteiger partial charge in [-0.3, -0.25) is 14.2 Å². The van der Waals surface area contributed by atoms with Crippen LogP contribution in [0.3, 0.4) is 0 Å². The third-order valence-corrected chi connectivity index (χ3v) is 3.18. The van der Waals surface area contributed by atoms with Gasteiger partial charge in [0, 0.05) is 49.4 Å². The molecule has 21 heavy (non-hydrogen) atoms. The highest BCUT2D eigenvalue weighted by Crippen LogP contribution is 2.00. The number of amides is 1. The van der Waals surface area contributed by atoms with E-state index in [1.54, 1.807) is 18.5 Å². The smallest absolute Gasteiger partial charge is 0.244 e. The topological polar surface area (TPSA) is 64.7 Å². The number of nitrogens with one attached hydrogen (secondary N) is 1. The third-order valence-electron chi connectivity index (χ3n) is 3.18. The number of aryl methyl sites for hydroxylation is 3. The van der Waals surface area contributed by atoms with Gasteiger partial charge in [-0.05, 0) is 32.4 Å². The molecule has 2 heterocycles. The number of hydrogen-bond acceptors (Lipinski definition) is 3. The predicted molar refractivity (Wildman–Crippen MR) is 81.5 cm³/mol. The Kier molecular flexibility index (Phi) is 5.31. The van der Waals surface area contributed by atoms with Gasteiger partial charge in [-0.25, -0.2) is 0 Å². The average Bonchev–Trinajstić information content (AvgIpc) is 3.10. The monoisotopic (exact) mass is 287 g/mol. The van der Waals surface area contributed by atoms with E-state index < -0.39 is 0 Å². The number of hydrogen-bond donors (Lipinski definition) is 1. The van der Waals surface area contributed by atoms with Crippen molar-refractivity contribution in [1.82, 2.24) is 24.9 Å². The van der Waals surface area contributed by atoms with E-state index in [1.807, 2.05) is 35.5 Å². The Hall–Kier alpha value is -2.37. The summed E-state index contributed by atoms with van der Waals surface area (Å²) in [5.41, 5.74) is 2.06. The quantitative estimate of drug-likeness (QED) is 0.622. The lowest BCUT2D eigenvalue weighted by atomic mass is 10.3. The molecule has 1 amide bonds. The molecule has 0 saturated carbocycles. The summed E-state index contributed by atoms with van der Waals surface area (Å²) in [5.74, 6) is -0.0866. The van der Waals surface area contributed by atoms with Crippen LogP contribution in [-0.4, -0.2) is 32.0 Å². The van der Waals surface area contributed by atoms with Crippen LogP contribution in [-0.2, 0) is 17.9 Å². The summed E-state index contributed by atoms with van der Waals surface area (Å²) in [7, 11) is 0. The minimum Gasteiger partial charge on any atom is -0.352 e. The summed E-state index contributed by atoms with van der Waals surface area (Å²) in [6.45, 7) is 6.31. The van der Waals surface area contributed by atoms with Crippen LogP contribution in [0.1, 0.15) is 24.6 Å². The van der Waals surface area contributed by atoms with Crippen molar-refractivity contribution in [1.29, 1.82) is 0 Å². The Morgan fingerprint density at radius 1 is 1.43 bits per heavy atom. The molecule has 6 nitrogen and oxygen atoms in total. The summed E-state index contributed by atoms with van der Waals surface area (Å²) in [6.07, 6.45) is 9.60. The van der Waals surface area contributed by atoms with Crippen LogP contribution in [0, 0.1) is 6.92 Å². The molecule has 6 heteroatoms. The van der Waals surface area contributed by atoms with Crippen molar-refractivity contribution in [3.63, 3.8) is 0 Å². The van der Waals surface area contributed by atoms with E-state index in [0.717, 1.165) is 30.8 Å². The molecule has 0 aliphatic heterocycles. The molecular formula is C15H21N5O. The van der Waals surface area contributed by atoms with Crippen LogP contribution in [0.15, 0.2) is 30.7 Å². The Bertz CT molecular complexity index is 611. The van der Waals surface area contributed by atoms with Gasteiger partial charge >= 0.3 is 0 Å². The second kappa shape index (κ2) is 7.42. The lowest BCUT2D eigenvalue weighted by molar-refractivity contribution is -0.116. The van der Waals surface area contributed by atoms with Crippen molar-refractivity contribution in [3.05, 3.63) is 42.0 Å². The zero-order valence-corrected chi connectivity index (χ0v) is 12.5. The summed E-state index contributed by atoms with van der Waals surface area (Å²) in [4.78, 5) is 11.7. The molecule has 0 aromatic carbocycles. The molecule has 0 atom stereocenters. The highest BCUT2D eigenvalue weighted by atomic mass is 16.1. The Morgan fingerprint density at radius 2 is 2.29 bits per heavy atom. The maximum absolute atomic E-state index is 11.7. The van der Waals surface area contributed by atoms with Crippen molar-refractivity contribution in [2.24, 2.45) is 0 Å². The molecule has 0 fully saturated rings. The lowest BCUT2D eigenvalue weighted by Crippen LogP contribution is -2.23. The largest absolute Gasteiger partial charge is 0.352 e. The van der Waals surface area contributed by atoms with E-state index in [2.05, 4.69) is 15.5 Å². The van der Waals surface area contributed by atoms with Crippen LogP contribution >= 0.6 is 0 Å². The van der Waals surface area contributed by atoms with Gasteiger partial charge in [0.1, 0.15) is 0 Å². The molecule has 2 aromatic heterocycles. The van der Waals surface area contributed by atoms with Gasteiger partial charge in [0.25, 0.3) is 0 Å². The first kappa shape index (κ1) is 15.0. The van der Waals surface area contributed by atoms with Crippen molar-refractivity contribution in [3.8, 4) is 0 Å². The molecule has 0 bridgehead atoms. The van der Waals surface area contributed by atoms with Crippen LogP contribution < -0.4 is 5.32 Å². The summed E-state index contributed by atoms with van der Waals surface area (Å²) >= 11 is 0. The molecule has 0 aliphatic carbocycles. The van der Waals surface area contributed by atoms with E-state index in [-0.39, 0.29) is 5.91 Å². The van der Waals surface area contributed by atoms with Crippen LogP contribution in [0.5, 0.6) is 0 Å². The Morgan fingerprint density at radius 3 is 2.95 bits per heavy atom. The maximum Gasteiger partial charge on any atom is 0.244 e. The van der Waals surface area contributed by atoms with Gasteiger partial charge in [0.15, 0.2) is 0 Å². The molecular weight excluding hydrogens is 266 g/mol. The first-order valence-electron chi connectivity index (χ1n) is 7.16. The van der Waals surface area contributed by atoms with Crippen molar-refractivity contribution >= 4 is 12.0 Å². The first-order chi connectivity index (χ1) is 10.2. The number of nitrogens with zero attached hydrogens (tertiary/aromatic N) is 4. The van der Waals surface area contributed by atoms with E-state index in [4.69, 9.17) is 0 Å². The number of carbonyl (C=O) groups is 1. The number of carbonyl (C=O) groups excluding carboxylic acids is 1. The van der Waals surface area contributed by atoms with E-state index in [0.29, 0.717) is 6.54 Å². The van der Waals surface area contributed by atoms with Gasteiger partial charge < -0.3 is 5.32 Å². The van der Waals surface area contributed by atoms with Gasteiger partial charge in [-0.15, -0.1) is 0 Å². The minimum absolute atomic E-state index is 0.0866. The fraction of sp³-hybridized carbons (Fsp3) is 0.400. The second-order valence-corrected chi connectivity index (χ2v) is 4.80. The third kappa shape index (κ3) is 4.59. The molecule has 112 valence electrons. The van der Waals surface area contributed by atoms with Crippen molar-refractivity contribution in [2.45, 2.75) is 33.4 Å². The van der Waals surface area contributed by atoms with Crippen LogP contribution in [0.2, 0.25) is 0 Å². The minimum atomic E-state index is -0.0866. The highest BCUT2D eigenvalue weighted by molar-refractivity contribution is 5.91. The van der Waals surface area contributed by atoms with Gasteiger partial charge in [0.05, 0.1) is 6.20 Å². The Balaban J connectivity index is 1.68. The summed E-state index contributed by atoms with van der Waals surface area (Å²) in [5, 5.41) is 11.2. The zero-order chi connectivity index (χ0) is 15.1. The van der Waals surface area contributed by atoms with E-state index in [9.17, 15) is 4.79 Å². The molecule has 0 spiro atoms. The van der Waals surface area contributed by atoms with Gasteiger partial charge in [-0.1, -0.05) is 0 Å². The van der Waals surface area contributed by atoms with Crippen molar-refractivity contribution < 1.29 is 4.79 Å². The lowest BCUT2D eigenvalue weighted by Gasteiger charge is -2.04. The predicted octanol–water partition coefficient (Wildman–Crippen LogP) is 1.63. The summed E-state index contributed by atoms with van der Waals surface area (Å²) < 4.78 is 3.76. The molecule has 2 rings (SSSR count).